The highest BCUT2D eigenvalue weighted by Crippen LogP contribution is 2.22. The van der Waals surface area contributed by atoms with Crippen LogP contribution >= 0.6 is 11.3 Å². The van der Waals surface area contributed by atoms with Crippen LogP contribution < -0.4 is 5.32 Å². The highest BCUT2D eigenvalue weighted by atomic mass is 32.1. The summed E-state index contributed by atoms with van der Waals surface area (Å²) in [5.74, 6) is 1.33. The van der Waals surface area contributed by atoms with Gasteiger partial charge in [-0.15, -0.1) is 11.3 Å². The zero-order valence-electron chi connectivity index (χ0n) is 12.9. The van der Waals surface area contributed by atoms with Crippen molar-refractivity contribution in [1.82, 2.24) is 20.4 Å². The number of hydrogen-bond acceptors (Lipinski definition) is 7. The van der Waals surface area contributed by atoms with Crippen molar-refractivity contribution in [2.45, 2.75) is 45.8 Å². The van der Waals surface area contributed by atoms with Crippen molar-refractivity contribution in [2.75, 3.05) is 13.7 Å². The molecule has 0 fully saturated rings. The maximum absolute atomic E-state index is 5.54. The fourth-order valence-corrected chi connectivity index (χ4v) is 2.71. The first-order chi connectivity index (χ1) is 10.1. The number of thiazole rings is 1. The van der Waals surface area contributed by atoms with E-state index in [0.717, 1.165) is 22.9 Å². The van der Waals surface area contributed by atoms with E-state index in [0.29, 0.717) is 25.0 Å². The van der Waals surface area contributed by atoms with Gasteiger partial charge in [0.25, 0.3) is 0 Å². The molecule has 2 heterocycles. The van der Waals surface area contributed by atoms with Gasteiger partial charge in [-0.3, -0.25) is 0 Å². The molecule has 116 valence electrons. The van der Waals surface area contributed by atoms with Crippen LogP contribution in [0.2, 0.25) is 0 Å². The van der Waals surface area contributed by atoms with E-state index in [2.05, 4.69) is 27.4 Å². The Hall–Kier alpha value is -1.31. The number of likely N-dealkylation sites (N-methyl/N-ethyl adjacent to an activating group) is 1. The standard InChI is InChI=1S/C14H22N4O2S/c1-5-19-10(3)14-16-11(8-21-14)7-13-17-12(18-20-13)6-9(2)15-4/h8-10,15H,5-7H2,1-4H3. The van der Waals surface area contributed by atoms with Gasteiger partial charge < -0.3 is 14.6 Å². The second-order valence-corrected chi connectivity index (χ2v) is 5.84. The van der Waals surface area contributed by atoms with Crippen molar-refractivity contribution in [1.29, 1.82) is 0 Å². The molecular weight excluding hydrogens is 288 g/mol. The summed E-state index contributed by atoms with van der Waals surface area (Å²) in [6, 6.07) is 0.327. The minimum atomic E-state index is 0.0310. The molecule has 2 atom stereocenters. The van der Waals surface area contributed by atoms with Crippen LogP contribution in [0.4, 0.5) is 0 Å². The third kappa shape index (κ3) is 4.59. The zero-order chi connectivity index (χ0) is 15.2. The Kier molecular flexibility index (Phi) is 5.84. The van der Waals surface area contributed by atoms with Crippen LogP contribution in [0.1, 0.15) is 49.3 Å². The van der Waals surface area contributed by atoms with Gasteiger partial charge in [0.05, 0.1) is 12.1 Å². The van der Waals surface area contributed by atoms with Crippen LogP contribution in [0.3, 0.4) is 0 Å². The Morgan fingerprint density at radius 1 is 1.38 bits per heavy atom. The molecule has 7 heteroatoms. The average Bonchev–Trinajstić information content (AvgIpc) is 3.09. The quantitative estimate of drug-likeness (QED) is 0.807. The lowest BCUT2D eigenvalue weighted by atomic mass is 10.2. The van der Waals surface area contributed by atoms with Crippen LogP contribution in [-0.4, -0.2) is 34.8 Å². The van der Waals surface area contributed by atoms with Crippen molar-refractivity contribution >= 4 is 11.3 Å². The fraction of sp³-hybridized carbons (Fsp3) is 0.643. The van der Waals surface area contributed by atoms with Crippen LogP contribution in [0, 0.1) is 0 Å². The Balaban J connectivity index is 1.96. The first-order valence-corrected chi connectivity index (χ1v) is 8.05. The molecular formula is C14H22N4O2S. The minimum Gasteiger partial charge on any atom is -0.372 e. The summed E-state index contributed by atoms with van der Waals surface area (Å²) in [7, 11) is 1.92. The number of ether oxygens (including phenoxy) is 1. The van der Waals surface area contributed by atoms with Gasteiger partial charge in [0.1, 0.15) is 11.1 Å². The van der Waals surface area contributed by atoms with Gasteiger partial charge in [-0.2, -0.15) is 4.98 Å². The molecule has 0 aliphatic heterocycles. The van der Waals surface area contributed by atoms with E-state index < -0.39 is 0 Å². The van der Waals surface area contributed by atoms with Gasteiger partial charge >= 0.3 is 0 Å². The van der Waals surface area contributed by atoms with Crippen molar-refractivity contribution in [3.05, 3.63) is 27.8 Å². The van der Waals surface area contributed by atoms with Crippen LogP contribution in [0.5, 0.6) is 0 Å². The Labute approximate surface area is 128 Å². The zero-order valence-corrected chi connectivity index (χ0v) is 13.7. The molecule has 2 unspecified atom stereocenters. The minimum absolute atomic E-state index is 0.0310. The third-order valence-electron chi connectivity index (χ3n) is 3.16. The second kappa shape index (κ2) is 7.63. The molecule has 0 amide bonds. The summed E-state index contributed by atoms with van der Waals surface area (Å²) in [5.41, 5.74) is 0.943. The monoisotopic (exact) mass is 310 g/mol. The molecule has 0 aliphatic rings. The Morgan fingerprint density at radius 2 is 2.19 bits per heavy atom. The molecule has 2 rings (SSSR count). The summed E-state index contributed by atoms with van der Waals surface area (Å²) in [6.07, 6.45) is 1.35. The van der Waals surface area contributed by atoms with Crippen molar-refractivity contribution in [2.24, 2.45) is 0 Å². The molecule has 0 bridgehead atoms. The summed E-state index contributed by atoms with van der Waals surface area (Å²) in [5, 5.41) is 10.2. The predicted octanol–water partition coefficient (Wildman–Crippen LogP) is 2.36. The Bertz CT molecular complexity index is 555. The van der Waals surface area contributed by atoms with Crippen LogP contribution in [-0.2, 0) is 17.6 Å². The number of nitrogens with zero attached hydrogens (tertiary/aromatic N) is 3. The maximum atomic E-state index is 5.54. The van der Waals surface area contributed by atoms with E-state index in [9.17, 15) is 0 Å². The molecule has 2 aromatic heterocycles. The molecule has 1 N–H and O–H groups in total. The smallest absolute Gasteiger partial charge is 0.232 e. The molecule has 0 radical (unpaired) electrons. The lowest BCUT2D eigenvalue weighted by molar-refractivity contribution is 0.0761. The summed E-state index contributed by atoms with van der Waals surface area (Å²) in [4.78, 5) is 8.96. The molecule has 0 saturated carbocycles. The average molecular weight is 310 g/mol. The van der Waals surface area contributed by atoms with Gasteiger partial charge in [-0.05, 0) is 27.8 Å². The van der Waals surface area contributed by atoms with E-state index in [1.807, 2.05) is 26.3 Å². The van der Waals surface area contributed by atoms with Crippen molar-refractivity contribution < 1.29 is 9.26 Å². The van der Waals surface area contributed by atoms with E-state index >= 15 is 0 Å². The largest absolute Gasteiger partial charge is 0.372 e. The highest BCUT2D eigenvalue weighted by Gasteiger charge is 2.14. The first kappa shape index (κ1) is 16.1. The lowest BCUT2D eigenvalue weighted by Crippen LogP contribution is -2.24. The summed E-state index contributed by atoms with van der Waals surface area (Å²) >= 11 is 1.60. The molecule has 21 heavy (non-hydrogen) atoms. The highest BCUT2D eigenvalue weighted by molar-refractivity contribution is 7.09. The third-order valence-corrected chi connectivity index (χ3v) is 4.21. The molecule has 2 aromatic rings. The number of aromatic nitrogens is 3. The van der Waals surface area contributed by atoms with E-state index in [4.69, 9.17) is 9.26 Å². The van der Waals surface area contributed by atoms with Gasteiger partial charge in [0.15, 0.2) is 5.82 Å². The number of hydrogen-bond donors (Lipinski definition) is 1. The molecule has 0 aliphatic carbocycles. The predicted molar refractivity (Wildman–Crippen MR) is 81.5 cm³/mol. The van der Waals surface area contributed by atoms with E-state index in [1.165, 1.54) is 0 Å². The van der Waals surface area contributed by atoms with Crippen LogP contribution in [0.25, 0.3) is 0 Å². The Morgan fingerprint density at radius 3 is 2.90 bits per heavy atom. The summed E-state index contributed by atoms with van der Waals surface area (Å²) < 4.78 is 10.8. The van der Waals surface area contributed by atoms with Crippen molar-refractivity contribution in [3.8, 4) is 0 Å². The molecule has 0 spiro atoms. The molecule has 0 saturated heterocycles. The van der Waals surface area contributed by atoms with Gasteiger partial charge in [-0.25, -0.2) is 4.98 Å². The maximum Gasteiger partial charge on any atom is 0.232 e. The number of nitrogens with one attached hydrogen (secondary N) is 1. The van der Waals surface area contributed by atoms with E-state index in [1.54, 1.807) is 11.3 Å². The van der Waals surface area contributed by atoms with Gasteiger partial charge in [0.2, 0.25) is 5.89 Å². The topological polar surface area (TPSA) is 73.1 Å². The first-order valence-electron chi connectivity index (χ1n) is 7.17. The fourth-order valence-electron chi connectivity index (χ4n) is 1.89. The van der Waals surface area contributed by atoms with E-state index in [-0.39, 0.29) is 6.10 Å². The van der Waals surface area contributed by atoms with Crippen LogP contribution in [0.15, 0.2) is 9.90 Å². The van der Waals surface area contributed by atoms with Gasteiger partial charge in [0, 0.05) is 24.4 Å². The second-order valence-electron chi connectivity index (χ2n) is 4.95. The van der Waals surface area contributed by atoms with Gasteiger partial charge in [-0.1, -0.05) is 5.16 Å². The SMILES string of the molecule is CCOC(C)c1nc(Cc2nc(CC(C)NC)no2)cs1. The summed E-state index contributed by atoms with van der Waals surface area (Å²) in [6.45, 7) is 6.76. The molecule has 0 aromatic carbocycles. The molecule has 6 nitrogen and oxygen atoms in total. The van der Waals surface area contributed by atoms with Crippen molar-refractivity contribution in [3.63, 3.8) is 0 Å². The normalized spacial score (nSPS) is 14.3. The lowest BCUT2D eigenvalue weighted by Gasteiger charge is -2.06. The number of rotatable bonds is 8.